The van der Waals surface area contributed by atoms with Gasteiger partial charge in [-0.2, -0.15) is 5.10 Å². The molecular weight excluding hydrogens is 316 g/mol. The van der Waals surface area contributed by atoms with E-state index in [0.717, 1.165) is 16.0 Å². The summed E-state index contributed by atoms with van der Waals surface area (Å²) < 4.78 is 2.63. The van der Waals surface area contributed by atoms with E-state index in [-0.39, 0.29) is 0 Å². The van der Waals surface area contributed by atoms with Gasteiger partial charge in [-0.1, -0.05) is 25.4 Å². The minimum absolute atomic E-state index is 0.394. The van der Waals surface area contributed by atoms with E-state index in [9.17, 15) is 0 Å². The number of rotatable bonds is 4. The van der Waals surface area contributed by atoms with Crippen LogP contribution in [0.25, 0.3) is 5.82 Å². The standard InChI is InChI=1S/C12H14BrClN4/c1-8(2)15-6-11-10(14)3-4-12(17-11)18-7-9(13)5-16-18/h3-5,7-8,15H,6H2,1-2H3. The Morgan fingerprint density at radius 2 is 2.22 bits per heavy atom. The van der Waals surface area contributed by atoms with E-state index in [1.54, 1.807) is 10.9 Å². The molecule has 4 nitrogen and oxygen atoms in total. The van der Waals surface area contributed by atoms with Gasteiger partial charge in [0.2, 0.25) is 0 Å². The van der Waals surface area contributed by atoms with E-state index in [4.69, 9.17) is 11.6 Å². The van der Waals surface area contributed by atoms with E-state index in [1.807, 2.05) is 18.3 Å². The Hall–Kier alpha value is -0.910. The first-order valence-corrected chi connectivity index (χ1v) is 6.82. The summed E-state index contributed by atoms with van der Waals surface area (Å²) in [6.07, 6.45) is 3.58. The van der Waals surface area contributed by atoms with Crippen molar-refractivity contribution in [2.75, 3.05) is 0 Å². The van der Waals surface area contributed by atoms with Gasteiger partial charge >= 0.3 is 0 Å². The molecule has 0 atom stereocenters. The monoisotopic (exact) mass is 328 g/mol. The van der Waals surface area contributed by atoms with Gasteiger partial charge in [-0.25, -0.2) is 9.67 Å². The molecule has 0 amide bonds. The summed E-state index contributed by atoms with van der Waals surface area (Å²) in [5.41, 5.74) is 0.828. The van der Waals surface area contributed by atoms with Crippen LogP contribution in [0.1, 0.15) is 19.5 Å². The van der Waals surface area contributed by atoms with Crippen LogP contribution in [0, 0.1) is 0 Å². The van der Waals surface area contributed by atoms with Gasteiger partial charge < -0.3 is 5.32 Å². The van der Waals surface area contributed by atoms with Crippen LogP contribution in [0.5, 0.6) is 0 Å². The van der Waals surface area contributed by atoms with Crippen molar-refractivity contribution in [2.45, 2.75) is 26.4 Å². The molecule has 0 unspecified atom stereocenters. The van der Waals surface area contributed by atoms with Gasteiger partial charge in [-0.05, 0) is 28.1 Å². The maximum atomic E-state index is 6.13. The summed E-state index contributed by atoms with van der Waals surface area (Å²) in [5, 5.41) is 8.16. The SMILES string of the molecule is CC(C)NCc1nc(-n2cc(Br)cn2)ccc1Cl. The summed E-state index contributed by atoms with van der Waals surface area (Å²) >= 11 is 9.49. The molecule has 0 bridgehead atoms. The predicted molar refractivity (Wildman–Crippen MR) is 76.0 cm³/mol. The Bertz CT molecular complexity index is 539. The van der Waals surface area contributed by atoms with Gasteiger partial charge in [-0.15, -0.1) is 0 Å². The van der Waals surface area contributed by atoms with Crippen LogP contribution in [0.3, 0.4) is 0 Å². The molecule has 6 heteroatoms. The van der Waals surface area contributed by atoms with Crippen molar-refractivity contribution in [1.29, 1.82) is 0 Å². The molecule has 0 spiro atoms. The lowest BCUT2D eigenvalue weighted by atomic mass is 10.3. The van der Waals surface area contributed by atoms with Gasteiger partial charge in [0.15, 0.2) is 5.82 Å². The Morgan fingerprint density at radius 1 is 1.44 bits per heavy atom. The fourth-order valence-electron chi connectivity index (χ4n) is 1.45. The number of nitrogens with zero attached hydrogens (tertiary/aromatic N) is 3. The number of halogens is 2. The van der Waals surface area contributed by atoms with Crippen LogP contribution in [-0.2, 0) is 6.54 Å². The normalized spacial score (nSPS) is 11.2. The third-order valence-corrected chi connectivity index (χ3v) is 3.12. The largest absolute Gasteiger partial charge is 0.309 e. The minimum atomic E-state index is 0.394. The van der Waals surface area contributed by atoms with Crippen molar-refractivity contribution in [2.24, 2.45) is 0 Å². The Morgan fingerprint density at radius 3 is 2.83 bits per heavy atom. The zero-order valence-corrected chi connectivity index (χ0v) is 12.5. The quantitative estimate of drug-likeness (QED) is 0.937. The molecule has 0 radical (unpaired) electrons. The van der Waals surface area contributed by atoms with Gasteiger partial charge in [-0.3, -0.25) is 0 Å². The fraction of sp³-hybridized carbons (Fsp3) is 0.333. The van der Waals surface area contributed by atoms with Crippen molar-refractivity contribution in [3.8, 4) is 5.82 Å². The molecule has 96 valence electrons. The van der Waals surface area contributed by atoms with Crippen molar-refractivity contribution >= 4 is 27.5 Å². The van der Waals surface area contributed by atoms with Gasteiger partial charge in [0, 0.05) is 18.8 Å². The summed E-state index contributed by atoms with van der Waals surface area (Å²) in [6.45, 7) is 4.82. The van der Waals surface area contributed by atoms with Crippen molar-refractivity contribution in [3.63, 3.8) is 0 Å². The molecular formula is C12H14BrClN4. The zero-order valence-electron chi connectivity index (χ0n) is 10.2. The first-order chi connectivity index (χ1) is 8.56. The second kappa shape index (κ2) is 5.82. The Balaban J connectivity index is 2.25. The fourth-order valence-corrected chi connectivity index (χ4v) is 1.91. The lowest BCUT2D eigenvalue weighted by Gasteiger charge is -2.10. The van der Waals surface area contributed by atoms with Gasteiger partial charge in [0.05, 0.1) is 21.4 Å². The summed E-state index contributed by atoms with van der Waals surface area (Å²) in [4.78, 5) is 4.51. The first-order valence-electron chi connectivity index (χ1n) is 5.65. The zero-order chi connectivity index (χ0) is 13.1. The van der Waals surface area contributed by atoms with Crippen LogP contribution < -0.4 is 5.32 Å². The van der Waals surface area contributed by atoms with Gasteiger partial charge in [0.25, 0.3) is 0 Å². The lowest BCUT2D eigenvalue weighted by molar-refractivity contribution is 0.580. The molecule has 1 N–H and O–H groups in total. The van der Waals surface area contributed by atoms with Crippen molar-refractivity contribution in [3.05, 3.63) is 39.7 Å². The molecule has 0 saturated heterocycles. The number of nitrogens with one attached hydrogen (secondary N) is 1. The van der Waals surface area contributed by atoms with E-state index in [0.29, 0.717) is 17.6 Å². The first kappa shape index (κ1) is 13.5. The third-order valence-electron chi connectivity index (χ3n) is 2.37. The highest BCUT2D eigenvalue weighted by Gasteiger charge is 2.07. The molecule has 0 saturated carbocycles. The van der Waals surface area contributed by atoms with Gasteiger partial charge in [0.1, 0.15) is 0 Å². The summed E-state index contributed by atoms with van der Waals surface area (Å²) in [6, 6.07) is 4.09. The summed E-state index contributed by atoms with van der Waals surface area (Å²) in [5.74, 6) is 0.755. The van der Waals surface area contributed by atoms with Crippen LogP contribution in [0.2, 0.25) is 5.02 Å². The number of hydrogen-bond acceptors (Lipinski definition) is 3. The average molecular weight is 330 g/mol. The number of aromatic nitrogens is 3. The predicted octanol–water partition coefficient (Wildman–Crippen LogP) is 3.18. The van der Waals surface area contributed by atoms with E-state index >= 15 is 0 Å². The Kier molecular flexibility index (Phi) is 4.37. The molecule has 18 heavy (non-hydrogen) atoms. The molecule has 0 aliphatic rings. The highest BCUT2D eigenvalue weighted by atomic mass is 79.9. The second-order valence-corrected chi connectivity index (χ2v) is 5.56. The van der Waals surface area contributed by atoms with E-state index < -0.39 is 0 Å². The van der Waals surface area contributed by atoms with Crippen LogP contribution >= 0.6 is 27.5 Å². The minimum Gasteiger partial charge on any atom is -0.309 e. The maximum Gasteiger partial charge on any atom is 0.153 e. The Labute approximate surface area is 119 Å². The molecule has 0 aliphatic heterocycles. The lowest BCUT2D eigenvalue weighted by Crippen LogP contribution is -2.22. The highest BCUT2D eigenvalue weighted by molar-refractivity contribution is 9.10. The van der Waals surface area contributed by atoms with Crippen LogP contribution in [0.15, 0.2) is 29.0 Å². The highest BCUT2D eigenvalue weighted by Crippen LogP contribution is 2.17. The van der Waals surface area contributed by atoms with Crippen LogP contribution in [0.4, 0.5) is 0 Å². The molecule has 0 aliphatic carbocycles. The maximum absolute atomic E-state index is 6.13. The number of hydrogen-bond donors (Lipinski definition) is 1. The van der Waals surface area contributed by atoms with E-state index in [1.165, 1.54) is 0 Å². The number of pyridine rings is 1. The molecule has 2 aromatic rings. The molecule has 0 aromatic carbocycles. The molecule has 2 heterocycles. The second-order valence-electron chi connectivity index (χ2n) is 4.24. The molecule has 0 fully saturated rings. The third kappa shape index (κ3) is 3.31. The molecule has 2 rings (SSSR count). The van der Waals surface area contributed by atoms with Crippen molar-refractivity contribution < 1.29 is 0 Å². The molecule has 2 aromatic heterocycles. The van der Waals surface area contributed by atoms with Crippen LogP contribution in [-0.4, -0.2) is 20.8 Å². The topological polar surface area (TPSA) is 42.7 Å². The summed E-state index contributed by atoms with van der Waals surface area (Å²) in [7, 11) is 0. The average Bonchev–Trinajstić information content (AvgIpc) is 2.74. The van der Waals surface area contributed by atoms with E-state index in [2.05, 4.69) is 45.2 Å². The van der Waals surface area contributed by atoms with Crippen molar-refractivity contribution in [1.82, 2.24) is 20.1 Å². The smallest absolute Gasteiger partial charge is 0.153 e.